The molecule has 2 aromatic rings. The Morgan fingerprint density at radius 1 is 1.20 bits per heavy atom. The number of pyridine rings is 1. The van der Waals surface area contributed by atoms with E-state index in [0.717, 1.165) is 41.1 Å². The minimum Gasteiger partial charge on any atom is -0.343 e. The summed E-state index contributed by atoms with van der Waals surface area (Å²) in [5.74, 6) is 0.434. The average Bonchev–Trinajstić information content (AvgIpc) is 2.60. The van der Waals surface area contributed by atoms with Crippen molar-refractivity contribution < 1.29 is 4.39 Å². The molecule has 2 aliphatic rings. The Kier molecular flexibility index (Phi) is 3.53. The lowest BCUT2D eigenvalue weighted by molar-refractivity contribution is 0.490. The standard InChI is InChI=1S/C21H22FN3/c1-4-21(14-8-6-5-7-9-14)16-10-15(22)12-23-19(16)25-18-11-20(2,3)24-13-17(18)21/h5-10,12-13H,4,11H2,1-3H3,(H,23,25)/t21-/m0/s1. The first kappa shape index (κ1) is 16.0. The minimum atomic E-state index is -0.438. The Morgan fingerprint density at radius 2 is 1.96 bits per heavy atom. The largest absolute Gasteiger partial charge is 0.343 e. The van der Waals surface area contributed by atoms with Gasteiger partial charge in [0.1, 0.15) is 11.6 Å². The summed E-state index contributed by atoms with van der Waals surface area (Å²) in [7, 11) is 0. The van der Waals surface area contributed by atoms with E-state index in [2.05, 4.69) is 43.2 Å². The Morgan fingerprint density at radius 3 is 2.68 bits per heavy atom. The van der Waals surface area contributed by atoms with Gasteiger partial charge >= 0.3 is 0 Å². The van der Waals surface area contributed by atoms with E-state index < -0.39 is 5.41 Å². The number of aromatic nitrogens is 1. The van der Waals surface area contributed by atoms with Crippen LogP contribution in [0.25, 0.3) is 0 Å². The van der Waals surface area contributed by atoms with Gasteiger partial charge in [0.05, 0.1) is 17.2 Å². The Labute approximate surface area is 147 Å². The van der Waals surface area contributed by atoms with Crippen LogP contribution in [0.3, 0.4) is 0 Å². The predicted molar refractivity (Wildman–Crippen MR) is 99.5 cm³/mol. The van der Waals surface area contributed by atoms with E-state index in [1.807, 2.05) is 24.4 Å². The second kappa shape index (κ2) is 5.51. The van der Waals surface area contributed by atoms with Gasteiger partial charge in [0.25, 0.3) is 0 Å². The van der Waals surface area contributed by atoms with Crippen molar-refractivity contribution in [2.45, 2.75) is 44.6 Å². The second-order valence-electron chi connectivity index (χ2n) is 7.44. The SMILES string of the molecule is CC[C@@]1(c2ccccc2)C2=C(CC(C)(C)N=C2)Nc2ncc(F)cc21. The van der Waals surface area contributed by atoms with Gasteiger partial charge < -0.3 is 5.32 Å². The third kappa shape index (κ3) is 2.39. The predicted octanol–water partition coefficient (Wildman–Crippen LogP) is 4.85. The van der Waals surface area contributed by atoms with Gasteiger partial charge in [0, 0.05) is 29.5 Å². The van der Waals surface area contributed by atoms with Crippen molar-refractivity contribution in [3.05, 3.63) is 70.8 Å². The fourth-order valence-electron chi connectivity index (χ4n) is 4.14. The van der Waals surface area contributed by atoms with E-state index >= 15 is 0 Å². The molecule has 1 aromatic carbocycles. The maximum Gasteiger partial charge on any atom is 0.141 e. The van der Waals surface area contributed by atoms with Gasteiger partial charge in [-0.2, -0.15) is 0 Å². The summed E-state index contributed by atoms with van der Waals surface area (Å²) < 4.78 is 14.1. The zero-order valence-corrected chi connectivity index (χ0v) is 14.8. The van der Waals surface area contributed by atoms with Crippen molar-refractivity contribution in [2.24, 2.45) is 4.99 Å². The summed E-state index contributed by atoms with van der Waals surface area (Å²) >= 11 is 0. The third-order valence-corrected chi connectivity index (χ3v) is 5.32. The molecule has 3 nitrogen and oxygen atoms in total. The Bertz CT molecular complexity index is 883. The molecule has 2 aliphatic heterocycles. The number of dihydropyridines is 1. The summed E-state index contributed by atoms with van der Waals surface area (Å²) in [4.78, 5) is 9.13. The normalized spacial score (nSPS) is 23.7. The van der Waals surface area contributed by atoms with Crippen molar-refractivity contribution in [3.8, 4) is 0 Å². The lowest BCUT2D eigenvalue weighted by Gasteiger charge is -2.44. The van der Waals surface area contributed by atoms with Crippen LogP contribution in [0.1, 0.15) is 44.7 Å². The summed E-state index contributed by atoms with van der Waals surface area (Å²) in [5.41, 5.74) is 3.70. The van der Waals surface area contributed by atoms with Crippen LogP contribution < -0.4 is 5.32 Å². The Hall–Kier alpha value is -2.49. The van der Waals surface area contributed by atoms with E-state index in [0.29, 0.717) is 0 Å². The van der Waals surface area contributed by atoms with Gasteiger partial charge in [-0.25, -0.2) is 9.37 Å². The number of aliphatic imine (C=N–C) groups is 1. The highest BCUT2D eigenvalue weighted by molar-refractivity contribution is 5.90. The highest BCUT2D eigenvalue weighted by Crippen LogP contribution is 2.50. The number of hydrogen-bond donors (Lipinski definition) is 1. The van der Waals surface area contributed by atoms with Crippen LogP contribution in [0.2, 0.25) is 0 Å². The van der Waals surface area contributed by atoms with Crippen LogP contribution in [0, 0.1) is 5.82 Å². The van der Waals surface area contributed by atoms with Crippen LogP contribution in [0.4, 0.5) is 10.2 Å². The molecule has 0 radical (unpaired) electrons. The van der Waals surface area contributed by atoms with E-state index in [1.165, 1.54) is 6.20 Å². The zero-order chi connectivity index (χ0) is 17.7. The smallest absolute Gasteiger partial charge is 0.141 e. The van der Waals surface area contributed by atoms with Crippen molar-refractivity contribution in [1.29, 1.82) is 0 Å². The zero-order valence-electron chi connectivity index (χ0n) is 14.8. The number of fused-ring (bicyclic) bond motifs is 1. The summed E-state index contributed by atoms with van der Waals surface area (Å²) in [6, 6.07) is 11.9. The molecule has 0 bridgehead atoms. The fourth-order valence-corrected chi connectivity index (χ4v) is 4.14. The number of nitrogens with zero attached hydrogens (tertiary/aromatic N) is 2. The highest BCUT2D eigenvalue weighted by atomic mass is 19.1. The quantitative estimate of drug-likeness (QED) is 0.852. The molecule has 128 valence electrons. The Balaban J connectivity index is 2.03. The van der Waals surface area contributed by atoms with E-state index in [9.17, 15) is 4.39 Å². The molecule has 1 aromatic heterocycles. The van der Waals surface area contributed by atoms with Crippen LogP contribution in [0.15, 0.2) is 58.9 Å². The van der Waals surface area contributed by atoms with Crippen LogP contribution in [0.5, 0.6) is 0 Å². The number of hydrogen-bond acceptors (Lipinski definition) is 3. The van der Waals surface area contributed by atoms with E-state index in [1.54, 1.807) is 6.07 Å². The maximum absolute atomic E-state index is 14.1. The number of nitrogens with one attached hydrogen (secondary N) is 1. The van der Waals surface area contributed by atoms with Crippen molar-refractivity contribution >= 4 is 12.0 Å². The van der Waals surface area contributed by atoms with E-state index in [4.69, 9.17) is 4.99 Å². The topological polar surface area (TPSA) is 37.3 Å². The van der Waals surface area contributed by atoms with Crippen molar-refractivity contribution in [1.82, 2.24) is 4.98 Å². The van der Waals surface area contributed by atoms with Crippen LogP contribution in [-0.4, -0.2) is 16.7 Å². The molecule has 0 aliphatic carbocycles. The first-order valence-corrected chi connectivity index (χ1v) is 8.74. The molecule has 0 unspecified atom stereocenters. The number of allylic oxidation sites excluding steroid dienone is 1. The van der Waals surface area contributed by atoms with Gasteiger partial charge in [-0.3, -0.25) is 4.99 Å². The molecular weight excluding hydrogens is 313 g/mol. The molecule has 25 heavy (non-hydrogen) atoms. The van der Waals surface area contributed by atoms with Crippen molar-refractivity contribution in [2.75, 3.05) is 5.32 Å². The fraction of sp³-hybridized carbons (Fsp3) is 0.333. The minimum absolute atomic E-state index is 0.153. The molecule has 4 heteroatoms. The van der Waals surface area contributed by atoms with Gasteiger partial charge in [-0.05, 0) is 31.9 Å². The number of benzene rings is 1. The third-order valence-electron chi connectivity index (χ3n) is 5.32. The number of halogens is 1. The molecule has 3 heterocycles. The van der Waals surface area contributed by atoms with Gasteiger partial charge in [0.2, 0.25) is 0 Å². The summed E-state index contributed by atoms with van der Waals surface area (Å²) in [6.45, 7) is 6.39. The molecule has 1 atom stereocenters. The number of rotatable bonds is 2. The number of anilines is 1. The molecule has 4 rings (SSSR count). The van der Waals surface area contributed by atoms with Crippen LogP contribution in [-0.2, 0) is 5.41 Å². The highest BCUT2D eigenvalue weighted by Gasteiger charge is 2.45. The molecule has 0 fully saturated rings. The first-order chi connectivity index (χ1) is 12.0. The molecule has 0 spiro atoms. The van der Waals surface area contributed by atoms with Gasteiger partial charge in [-0.15, -0.1) is 0 Å². The average molecular weight is 335 g/mol. The van der Waals surface area contributed by atoms with Gasteiger partial charge in [-0.1, -0.05) is 37.3 Å². The monoisotopic (exact) mass is 335 g/mol. The molecule has 0 saturated heterocycles. The summed E-state index contributed by atoms with van der Waals surface area (Å²) in [6.07, 6.45) is 4.88. The molecular formula is C21H22FN3. The summed E-state index contributed by atoms with van der Waals surface area (Å²) in [5, 5.41) is 3.45. The molecule has 0 saturated carbocycles. The van der Waals surface area contributed by atoms with Crippen LogP contribution >= 0.6 is 0 Å². The lowest BCUT2D eigenvalue weighted by Crippen LogP contribution is -2.40. The lowest BCUT2D eigenvalue weighted by atomic mass is 9.64. The maximum atomic E-state index is 14.1. The van der Waals surface area contributed by atoms with Crippen molar-refractivity contribution in [3.63, 3.8) is 0 Å². The first-order valence-electron chi connectivity index (χ1n) is 8.74. The molecule has 0 amide bonds. The molecule has 1 N–H and O–H groups in total. The second-order valence-corrected chi connectivity index (χ2v) is 7.44. The van der Waals surface area contributed by atoms with E-state index in [-0.39, 0.29) is 11.4 Å². The van der Waals surface area contributed by atoms with Gasteiger partial charge in [0.15, 0.2) is 0 Å².